The number of anilines is 1. The van der Waals surface area contributed by atoms with Gasteiger partial charge >= 0.3 is 5.69 Å². The van der Waals surface area contributed by atoms with Crippen LogP contribution in [0.2, 0.25) is 0 Å². The number of amides is 1. The number of non-ortho nitro benzene ring substituents is 1. The number of aromatic hydroxyl groups is 1. The normalized spacial score (nSPS) is 10.9. The highest BCUT2D eigenvalue weighted by molar-refractivity contribution is 5.94. The van der Waals surface area contributed by atoms with E-state index in [1.807, 2.05) is 0 Å². The number of phenolic OH excluding ortho intramolecular Hbond substituents is 1. The van der Waals surface area contributed by atoms with Crippen molar-refractivity contribution in [3.05, 3.63) is 62.2 Å². The van der Waals surface area contributed by atoms with Gasteiger partial charge in [0.25, 0.3) is 5.69 Å². The van der Waals surface area contributed by atoms with Gasteiger partial charge in [0.2, 0.25) is 11.4 Å². The maximum absolute atomic E-state index is 11.9. The van der Waals surface area contributed by atoms with Gasteiger partial charge in [-0.05, 0) is 34.6 Å². The molecule has 2 aromatic carbocycles. The van der Waals surface area contributed by atoms with E-state index in [9.17, 15) is 30.1 Å². The first-order chi connectivity index (χ1) is 14.4. The van der Waals surface area contributed by atoms with Crippen molar-refractivity contribution in [1.29, 1.82) is 0 Å². The van der Waals surface area contributed by atoms with Gasteiger partial charge in [-0.3, -0.25) is 25.0 Å². The van der Waals surface area contributed by atoms with Gasteiger partial charge in [-0.2, -0.15) is 0 Å². The van der Waals surface area contributed by atoms with Crippen LogP contribution in [0.15, 0.2) is 41.0 Å². The largest absolute Gasteiger partial charge is 0.508 e. The van der Waals surface area contributed by atoms with Crippen LogP contribution in [-0.2, 0) is 4.79 Å². The average molecular weight is 414 g/mol. The Balaban J connectivity index is 1.56. The van der Waals surface area contributed by atoms with Crippen LogP contribution in [0.3, 0.4) is 0 Å². The first kappa shape index (κ1) is 20.2. The van der Waals surface area contributed by atoms with Gasteiger partial charge in [0.15, 0.2) is 5.52 Å². The predicted molar refractivity (Wildman–Crippen MR) is 104 cm³/mol. The molecule has 0 aliphatic heterocycles. The number of nitro groups is 2. The molecule has 0 saturated carbocycles. The van der Waals surface area contributed by atoms with Crippen molar-refractivity contribution in [2.24, 2.45) is 0 Å². The zero-order chi connectivity index (χ0) is 21.7. The molecule has 1 amide bonds. The highest BCUT2D eigenvalue weighted by atomic mass is 16.6. The quantitative estimate of drug-likeness (QED) is 0.213. The Bertz CT molecular complexity index is 1160. The van der Waals surface area contributed by atoms with Crippen LogP contribution in [0, 0.1) is 20.2 Å². The van der Waals surface area contributed by atoms with E-state index in [0.717, 1.165) is 12.1 Å². The van der Waals surface area contributed by atoms with Crippen molar-refractivity contribution < 1.29 is 24.4 Å². The fraction of sp³-hybridized carbons (Fsp3) is 0.118. The number of nitrogens with zero attached hydrogens (tertiary/aromatic N) is 4. The van der Waals surface area contributed by atoms with E-state index in [-0.39, 0.29) is 46.8 Å². The first-order valence-corrected chi connectivity index (χ1v) is 8.43. The minimum absolute atomic E-state index is 0.00691. The van der Waals surface area contributed by atoms with E-state index >= 15 is 0 Å². The third-order valence-corrected chi connectivity index (χ3v) is 3.96. The summed E-state index contributed by atoms with van der Waals surface area (Å²) in [7, 11) is 0. The highest BCUT2D eigenvalue weighted by Crippen LogP contribution is 2.28. The Morgan fingerprint density at radius 2 is 1.80 bits per heavy atom. The van der Waals surface area contributed by atoms with Gasteiger partial charge in [0.05, 0.1) is 27.2 Å². The van der Waals surface area contributed by atoms with Crippen molar-refractivity contribution in [3.63, 3.8) is 0 Å². The summed E-state index contributed by atoms with van der Waals surface area (Å²) in [6.07, 6.45) is 2.40. The maximum atomic E-state index is 11.9. The second kappa shape index (κ2) is 8.64. The van der Waals surface area contributed by atoms with Crippen LogP contribution in [0.4, 0.5) is 17.1 Å². The summed E-state index contributed by atoms with van der Waals surface area (Å²) in [6.45, 7) is 0.448. The number of carbonyl (C=O) groups excluding carboxylic acids is 1. The number of benzene rings is 2. The number of nitrogens with one attached hydrogen (secondary N) is 2. The number of rotatable bonds is 8. The molecule has 154 valence electrons. The van der Waals surface area contributed by atoms with Crippen LogP contribution in [0.25, 0.3) is 17.1 Å². The number of aromatic nitrogens is 2. The lowest BCUT2D eigenvalue weighted by Gasteiger charge is -2.07. The summed E-state index contributed by atoms with van der Waals surface area (Å²) in [5.74, 6) is -0.742. The van der Waals surface area contributed by atoms with Crippen molar-refractivity contribution in [1.82, 2.24) is 15.6 Å². The molecule has 3 N–H and O–H groups in total. The number of carbonyl (C=O) groups is 1. The van der Waals surface area contributed by atoms with Gasteiger partial charge in [-0.1, -0.05) is 0 Å². The number of hydrogen-bond acceptors (Lipinski definition) is 10. The average Bonchev–Trinajstić information content (AvgIpc) is 3.20. The first-order valence-electron chi connectivity index (χ1n) is 8.43. The molecule has 0 aliphatic carbocycles. The second-order valence-corrected chi connectivity index (χ2v) is 5.90. The van der Waals surface area contributed by atoms with Gasteiger partial charge < -0.3 is 15.7 Å². The molecule has 0 unspecified atom stereocenters. The van der Waals surface area contributed by atoms with E-state index < -0.39 is 15.8 Å². The molecule has 0 saturated heterocycles. The minimum Gasteiger partial charge on any atom is -0.508 e. The molecule has 3 aromatic rings. The number of nitro benzene ring substituents is 2. The molecule has 1 aromatic heterocycles. The molecular weight excluding hydrogens is 400 g/mol. The van der Waals surface area contributed by atoms with Crippen molar-refractivity contribution in [2.75, 3.05) is 18.4 Å². The lowest BCUT2D eigenvalue weighted by molar-refractivity contribution is -0.385. The summed E-state index contributed by atoms with van der Waals surface area (Å²) in [5.41, 5.74) is 0.240. The topological polar surface area (TPSA) is 187 Å². The highest BCUT2D eigenvalue weighted by Gasteiger charge is 2.19. The maximum Gasteiger partial charge on any atom is 0.300 e. The molecule has 1 heterocycles. The van der Waals surface area contributed by atoms with Crippen LogP contribution < -0.4 is 10.6 Å². The number of phenols is 1. The predicted octanol–water partition coefficient (Wildman–Crippen LogP) is 1.99. The molecule has 0 aliphatic rings. The Kier molecular flexibility index (Phi) is 5.81. The second-order valence-electron chi connectivity index (χ2n) is 5.90. The molecule has 13 nitrogen and oxygen atoms in total. The molecule has 0 radical (unpaired) electrons. The lowest BCUT2D eigenvalue weighted by atomic mass is 10.1. The van der Waals surface area contributed by atoms with E-state index in [0.29, 0.717) is 5.69 Å². The summed E-state index contributed by atoms with van der Waals surface area (Å²) >= 11 is 0. The monoisotopic (exact) mass is 414 g/mol. The van der Waals surface area contributed by atoms with Gasteiger partial charge in [-0.15, -0.1) is 0 Å². The number of fused-ring (bicyclic) bond motifs is 1. The van der Waals surface area contributed by atoms with Crippen LogP contribution in [0.5, 0.6) is 5.75 Å². The Hall–Kier alpha value is -4.55. The van der Waals surface area contributed by atoms with Crippen LogP contribution in [0.1, 0.15) is 5.56 Å². The molecular formula is C17H14N6O7. The summed E-state index contributed by atoms with van der Waals surface area (Å²) in [6, 6.07) is 6.31. The number of hydrogen-bond donors (Lipinski definition) is 3. The molecule has 30 heavy (non-hydrogen) atoms. The van der Waals surface area contributed by atoms with Crippen LogP contribution in [-0.4, -0.2) is 44.3 Å². The minimum atomic E-state index is -0.662. The zero-order valence-electron chi connectivity index (χ0n) is 15.1. The van der Waals surface area contributed by atoms with Gasteiger partial charge in [-0.25, -0.2) is 4.63 Å². The van der Waals surface area contributed by atoms with E-state index in [1.54, 1.807) is 0 Å². The summed E-state index contributed by atoms with van der Waals surface area (Å²) in [4.78, 5) is 32.6. The fourth-order valence-electron chi connectivity index (χ4n) is 2.58. The Labute approximate surface area is 167 Å². The molecule has 3 rings (SSSR count). The summed E-state index contributed by atoms with van der Waals surface area (Å²) < 4.78 is 4.56. The Morgan fingerprint density at radius 3 is 2.53 bits per heavy atom. The van der Waals surface area contributed by atoms with Gasteiger partial charge in [0.1, 0.15) is 5.75 Å². The fourth-order valence-corrected chi connectivity index (χ4v) is 2.58. The molecule has 0 atom stereocenters. The smallest absolute Gasteiger partial charge is 0.300 e. The lowest BCUT2D eigenvalue weighted by Crippen LogP contribution is -2.27. The standard InChI is InChI=1S/C17H14N6O7/c24-11-3-1-10(14(9-11)23(28)29)2-6-15(25)19-8-7-18-12-4-5-13(22(26)27)17-16(12)20-30-21-17/h1-6,9,18,24H,7-8H2,(H,19,25)/b6-2+. The SMILES string of the molecule is O=C(/C=C/c1ccc(O)cc1[N+](=O)[O-])NCCNc1ccc([N+](=O)[O-])c2nonc12. The molecule has 0 fully saturated rings. The van der Waals surface area contributed by atoms with E-state index in [4.69, 9.17) is 0 Å². The summed E-state index contributed by atoms with van der Waals surface area (Å²) in [5, 5.41) is 44.0. The van der Waals surface area contributed by atoms with Crippen molar-refractivity contribution in [2.45, 2.75) is 0 Å². The third kappa shape index (κ3) is 4.46. The van der Waals surface area contributed by atoms with Crippen molar-refractivity contribution >= 4 is 40.1 Å². The molecule has 13 heteroatoms. The van der Waals surface area contributed by atoms with Gasteiger partial charge in [0, 0.05) is 25.2 Å². The Morgan fingerprint density at radius 1 is 1.07 bits per heavy atom. The van der Waals surface area contributed by atoms with E-state index in [1.165, 1.54) is 30.3 Å². The molecule has 0 spiro atoms. The van der Waals surface area contributed by atoms with Crippen molar-refractivity contribution in [3.8, 4) is 5.75 Å². The van der Waals surface area contributed by atoms with Crippen LogP contribution >= 0.6 is 0 Å². The molecule has 0 bridgehead atoms. The third-order valence-electron chi connectivity index (χ3n) is 3.96. The van der Waals surface area contributed by atoms with E-state index in [2.05, 4.69) is 25.6 Å². The zero-order valence-corrected chi connectivity index (χ0v) is 15.1.